The van der Waals surface area contributed by atoms with E-state index in [1.807, 2.05) is 0 Å². The molecule has 1 aliphatic rings. The standard InChI is InChI=1S/C11H15N5O5S/c1-2-20-10(17)6-13-5-8-14-11(12,15-22-8)7-3-4-9(21-7)16(18)19/h3-5,13-15H,2,6,12H2,1H3. The molecule has 2 heterocycles. The fourth-order valence-electron chi connectivity index (χ4n) is 1.64. The number of carbonyl (C=O) groups is 1. The summed E-state index contributed by atoms with van der Waals surface area (Å²) in [6.07, 6.45) is 1.54. The van der Waals surface area contributed by atoms with Gasteiger partial charge in [-0.3, -0.25) is 20.6 Å². The highest BCUT2D eigenvalue weighted by molar-refractivity contribution is 8.01. The number of carbonyl (C=O) groups excluding carboxylic acids is 1. The number of furan rings is 1. The summed E-state index contributed by atoms with van der Waals surface area (Å²) in [6, 6.07) is 2.63. The van der Waals surface area contributed by atoms with Gasteiger partial charge in [-0.25, -0.2) is 4.72 Å². The van der Waals surface area contributed by atoms with Gasteiger partial charge in [0.2, 0.25) is 5.79 Å². The highest BCUT2D eigenvalue weighted by Gasteiger charge is 2.38. The highest BCUT2D eigenvalue weighted by atomic mass is 32.2. The van der Waals surface area contributed by atoms with E-state index >= 15 is 0 Å². The molecule has 120 valence electrons. The molecule has 10 nitrogen and oxygen atoms in total. The third-order valence-corrected chi connectivity index (χ3v) is 3.45. The van der Waals surface area contributed by atoms with Gasteiger partial charge in [0, 0.05) is 6.20 Å². The number of esters is 1. The van der Waals surface area contributed by atoms with Crippen molar-refractivity contribution in [3.63, 3.8) is 0 Å². The molecule has 0 spiro atoms. The molecule has 1 fully saturated rings. The van der Waals surface area contributed by atoms with E-state index < -0.39 is 16.6 Å². The van der Waals surface area contributed by atoms with Gasteiger partial charge in [-0.05, 0) is 24.9 Å². The predicted molar refractivity (Wildman–Crippen MR) is 77.8 cm³/mol. The van der Waals surface area contributed by atoms with Crippen LogP contribution in [0.25, 0.3) is 0 Å². The maximum atomic E-state index is 11.2. The Balaban J connectivity index is 1.95. The van der Waals surface area contributed by atoms with Crippen molar-refractivity contribution in [2.75, 3.05) is 13.2 Å². The Kier molecular flexibility index (Phi) is 4.90. The second-order valence-electron chi connectivity index (χ2n) is 4.23. The van der Waals surface area contributed by atoms with Crippen LogP contribution in [0.2, 0.25) is 0 Å². The molecule has 0 aliphatic carbocycles. The summed E-state index contributed by atoms with van der Waals surface area (Å²) < 4.78 is 12.7. The predicted octanol–water partition coefficient (Wildman–Crippen LogP) is 0.0494. The first-order valence-corrected chi connectivity index (χ1v) is 7.11. The first-order valence-electron chi connectivity index (χ1n) is 6.29. The minimum absolute atomic E-state index is 0.0172. The summed E-state index contributed by atoms with van der Waals surface area (Å²) >= 11 is 1.16. The number of ether oxygens (including phenoxy) is 1. The minimum atomic E-state index is -1.28. The lowest BCUT2D eigenvalue weighted by molar-refractivity contribution is -0.402. The molecule has 22 heavy (non-hydrogen) atoms. The number of nitrogens with two attached hydrogens (primary N) is 1. The van der Waals surface area contributed by atoms with E-state index in [0.717, 1.165) is 11.9 Å². The van der Waals surface area contributed by atoms with Crippen molar-refractivity contribution < 1.29 is 18.9 Å². The first kappa shape index (κ1) is 16.1. The third kappa shape index (κ3) is 3.69. The Hall–Kier alpha value is -2.24. The summed E-state index contributed by atoms with van der Waals surface area (Å²) in [6.45, 7) is 2.05. The third-order valence-electron chi connectivity index (χ3n) is 2.59. The van der Waals surface area contributed by atoms with Crippen molar-refractivity contribution in [1.29, 1.82) is 0 Å². The number of nitro groups is 1. The number of rotatable bonds is 6. The summed E-state index contributed by atoms with van der Waals surface area (Å²) in [5, 5.41) is 16.9. The van der Waals surface area contributed by atoms with E-state index in [4.69, 9.17) is 14.9 Å². The fourth-order valence-corrected chi connectivity index (χ4v) is 2.41. The van der Waals surface area contributed by atoms with Crippen LogP contribution in [0.1, 0.15) is 12.7 Å². The van der Waals surface area contributed by atoms with Crippen molar-refractivity contribution >= 4 is 23.8 Å². The average Bonchev–Trinajstić information content (AvgIpc) is 3.07. The smallest absolute Gasteiger partial charge is 0.433 e. The minimum Gasteiger partial charge on any atom is -0.465 e. The van der Waals surface area contributed by atoms with Gasteiger partial charge < -0.3 is 19.8 Å². The molecule has 0 saturated carbocycles. The monoisotopic (exact) mass is 329 g/mol. The van der Waals surface area contributed by atoms with Gasteiger partial charge >= 0.3 is 11.9 Å². The Morgan fingerprint density at radius 3 is 3.09 bits per heavy atom. The Labute approximate surface area is 129 Å². The van der Waals surface area contributed by atoms with Crippen LogP contribution >= 0.6 is 11.9 Å². The summed E-state index contributed by atoms with van der Waals surface area (Å²) in [4.78, 5) is 21.1. The molecule has 11 heteroatoms. The van der Waals surface area contributed by atoms with E-state index in [-0.39, 0.29) is 18.3 Å². The lowest BCUT2D eigenvalue weighted by atomic mass is 10.3. The summed E-state index contributed by atoms with van der Waals surface area (Å²) in [5.74, 6) is -1.89. The van der Waals surface area contributed by atoms with Gasteiger partial charge in [0.1, 0.15) is 16.5 Å². The van der Waals surface area contributed by atoms with Gasteiger partial charge in [0.25, 0.3) is 0 Å². The molecule has 1 aromatic heterocycles. The van der Waals surface area contributed by atoms with Crippen LogP contribution in [-0.4, -0.2) is 24.0 Å². The van der Waals surface area contributed by atoms with Crippen LogP contribution in [0, 0.1) is 10.1 Å². The van der Waals surface area contributed by atoms with E-state index in [2.05, 4.69) is 15.4 Å². The van der Waals surface area contributed by atoms with Crippen LogP contribution in [-0.2, 0) is 15.3 Å². The topological polar surface area (TPSA) is 145 Å². The average molecular weight is 329 g/mol. The fraction of sp³-hybridized carbons (Fsp3) is 0.364. The Bertz CT molecular complexity index is 603. The molecule has 0 radical (unpaired) electrons. The van der Waals surface area contributed by atoms with Crippen molar-refractivity contribution in [3.8, 4) is 0 Å². The van der Waals surface area contributed by atoms with E-state index in [0.29, 0.717) is 11.6 Å². The quantitative estimate of drug-likeness (QED) is 0.244. The zero-order valence-electron chi connectivity index (χ0n) is 11.6. The number of nitrogens with zero attached hydrogens (tertiary/aromatic N) is 1. The van der Waals surface area contributed by atoms with Crippen molar-refractivity contribution in [2.45, 2.75) is 12.7 Å². The summed E-state index contributed by atoms with van der Waals surface area (Å²) in [5.41, 5.74) is 6.04. The second kappa shape index (κ2) is 6.68. The normalized spacial score (nSPS) is 22.4. The van der Waals surface area contributed by atoms with Gasteiger partial charge in [0.05, 0.1) is 12.7 Å². The van der Waals surface area contributed by atoms with Crippen LogP contribution in [0.15, 0.2) is 27.8 Å². The molecule has 5 N–H and O–H groups in total. The van der Waals surface area contributed by atoms with Crippen molar-refractivity contribution in [1.82, 2.24) is 15.4 Å². The van der Waals surface area contributed by atoms with E-state index in [9.17, 15) is 14.9 Å². The van der Waals surface area contributed by atoms with Crippen LogP contribution < -0.4 is 21.1 Å². The first-order chi connectivity index (χ1) is 10.4. The number of hydrogen-bond acceptors (Lipinski definition) is 10. The van der Waals surface area contributed by atoms with E-state index in [1.165, 1.54) is 12.1 Å². The van der Waals surface area contributed by atoms with Gasteiger partial charge in [-0.1, -0.05) is 0 Å². The number of nitrogens with one attached hydrogen (secondary N) is 3. The SMILES string of the molecule is CCOC(=O)CNC=C1NC(N)(c2ccc([N+](=O)[O-])o2)NS1. The highest BCUT2D eigenvalue weighted by Crippen LogP contribution is 2.30. The summed E-state index contributed by atoms with van der Waals surface area (Å²) in [7, 11) is 0. The molecule has 0 amide bonds. The number of hydrogen-bond donors (Lipinski definition) is 4. The van der Waals surface area contributed by atoms with Gasteiger partial charge in [-0.15, -0.1) is 0 Å². The Morgan fingerprint density at radius 1 is 1.68 bits per heavy atom. The molecule has 1 atom stereocenters. The molecule has 1 saturated heterocycles. The van der Waals surface area contributed by atoms with Crippen molar-refractivity contribution in [3.05, 3.63) is 39.2 Å². The van der Waals surface area contributed by atoms with Crippen molar-refractivity contribution in [2.24, 2.45) is 5.73 Å². The van der Waals surface area contributed by atoms with Crippen LogP contribution in [0.3, 0.4) is 0 Å². The molecular formula is C11H15N5O5S. The zero-order chi connectivity index (χ0) is 16.2. The largest absolute Gasteiger partial charge is 0.465 e. The van der Waals surface area contributed by atoms with Crippen LogP contribution in [0.5, 0.6) is 0 Å². The van der Waals surface area contributed by atoms with E-state index in [1.54, 1.807) is 13.1 Å². The maximum absolute atomic E-state index is 11.2. The lowest BCUT2D eigenvalue weighted by Crippen LogP contribution is -2.52. The molecule has 0 aromatic carbocycles. The molecule has 2 rings (SSSR count). The van der Waals surface area contributed by atoms with Gasteiger partial charge in [-0.2, -0.15) is 0 Å². The van der Waals surface area contributed by atoms with Crippen LogP contribution in [0.4, 0.5) is 5.88 Å². The second-order valence-corrected chi connectivity index (χ2v) is 5.07. The molecular weight excluding hydrogens is 314 g/mol. The molecule has 1 unspecified atom stereocenters. The zero-order valence-corrected chi connectivity index (χ0v) is 12.4. The lowest BCUT2D eigenvalue weighted by Gasteiger charge is -2.20. The molecule has 0 bridgehead atoms. The van der Waals surface area contributed by atoms with Gasteiger partial charge in [0.15, 0.2) is 5.76 Å². The molecule has 1 aliphatic heterocycles. The molecule has 1 aromatic rings. The maximum Gasteiger partial charge on any atom is 0.433 e. The Morgan fingerprint density at radius 2 is 2.45 bits per heavy atom.